The van der Waals surface area contributed by atoms with Crippen LogP contribution in [0.3, 0.4) is 0 Å². The number of nitrogens with zero attached hydrogens (tertiary/aromatic N) is 1. The number of phenolic OH excluding ortho intramolecular Hbond substituents is 1. The second-order valence-corrected chi connectivity index (χ2v) is 9.63. The minimum Gasteiger partial charge on any atom is -0.850 e. The first-order chi connectivity index (χ1) is 12.5. The van der Waals surface area contributed by atoms with E-state index in [4.69, 9.17) is 0 Å². The first kappa shape index (κ1) is 19.6. The van der Waals surface area contributed by atoms with Gasteiger partial charge in [0, 0.05) is 17.3 Å². The van der Waals surface area contributed by atoms with Crippen LogP contribution in [-0.2, 0) is 17.3 Å². The lowest BCUT2D eigenvalue weighted by Gasteiger charge is -2.27. The fraction of sp³-hybridized carbons (Fsp3) is 0.458. The van der Waals surface area contributed by atoms with Gasteiger partial charge in [0.1, 0.15) is 5.75 Å². The molecule has 0 unspecified atom stereocenters. The van der Waals surface area contributed by atoms with Crippen molar-refractivity contribution < 1.29 is 10.2 Å². The summed E-state index contributed by atoms with van der Waals surface area (Å²) in [6, 6.07) is 11.6. The van der Waals surface area contributed by atoms with E-state index in [0.717, 1.165) is 22.3 Å². The molecule has 0 heterocycles. The third-order valence-corrected chi connectivity index (χ3v) is 5.33. The fourth-order valence-electron chi connectivity index (χ4n) is 3.63. The quantitative estimate of drug-likeness (QED) is 0.801. The van der Waals surface area contributed by atoms with Gasteiger partial charge in [0.15, 0.2) is 0 Å². The second kappa shape index (κ2) is 6.79. The van der Waals surface area contributed by atoms with Crippen molar-refractivity contribution in [2.75, 3.05) is 0 Å². The maximum absolute atomic E-state index is 12.5. The Hall–Kier alpha value is -2.13. The zero-order valence-electron chi connectivity index (χ0n) is 17.2. The topological polar surface area (TPSA) is 55.7 Å². The molecular formula is C24H30NO2-. The highest BCUT2D eigenvalue weighted by Crippen LogP contribution is 2.38. The Bertz CT molecular complexity index is 869. The predicted molar refractivity (Wildman–Crippen MR) is 110 cm³/mol. The minimum absolute atomic E-state index is 0.0443. The fourth-order valence-corrected chi connectivity index (χ4v) is 3.63. The van der Waals surface area contributed by atoms with Crippen molar-refractivity contribution in [2.45, 2.75) is 70.9 Å². The average Bonchev–Trinajstić information content (AvgIpc) is 2.87. The Morgan fingerprint density at radius 1 is 1.04 bits per heavy atom. The van der Waals surface area contributed by atoms with Crippen LogP contribution in [0.2, 0.25) is 0 Å². The van der Waals surface area contributed by atoms with Crippen LogP contribution in [0, 0.1) is 0 Å². The zero-order chi connectivity index (χ0) is 20.0. The van der Waals surface area contributed by atoms with Gasteiger partial charge in [-0.1, -0.05) is 78.0 Å². The minimum atomic E-state index is -0.770. The molecule has 0 spiro atoms. The van der Waals surface area contributed by atoms with Crippen LogP contribution in [0.5, 0.6) is 5.75 Å². The van der Waals surface area contributed by atoms with Gasteiger partial charge in [0.2, 0.25) is 0 Å². The number of benzene rings is 2. The lowest BCUT2D eigenvalue weighted by atomic mass is 9.79. The van der Waals surface area contributed by atoms with Crippen molar-refractivity contribution in [3.63, 3.8) is 0 Å². The Labute approximate surface area is 162 Å². The monoisotopic (exact) mass is 364 g/mol. The van der Waals surface area contributed by atoms with Gasteiger partial charge < -0.3 is 10.2 Å². The molecule has 0 aliphatic heterocycles. The molecule has 0 aromatic heterocycles. The molecule has 0 saturated heterocycles. The van der Waals surface area contributed by atoms with Gasteiger partial charge in [-0.2, -0.15) is 0 Å². The third kappa shape index (κ3) is 3.93. The molecule has 3 rings (SSSR count). The standard InChI is InChI=1S/C24H30NO2/c1-23(2,3)17-11-16(22(27)19(13-17)24(4,5)6)14-25-21-18-10-8-7-9-15(18)12-20(21)26/h7-11,13-14,20-21,27H,12H2,1-6H3/q-1/t20-,21+/m1/s1. The Morgan fingerprint density at radius 2 is 1.70 bits per heavy atom. The molecule has 0 amide bonds. The number of phenols is 1. The van der Waals surface area contributed by atoms with Crippen LogP contribution >= 0.6 is 0 Å². The van der Waals surface area contributed by atoms with E-state index in [2.05, 4.69) is 52.6 Å². The summed E-state index contributed by atoms with van der Waals surface area (Å²) in [7, 11) is 0. The SMILES string of the molecule is CC(C)(C)c1cc(C=N[C@H]2c3ccccc3C[C@H]2[O-])c(O)c(C(C)(C)C)c1. The maximum Gasteiger partial charge on any atom is 0.128 e. The maximum atomic E-state index is 12.5. The molecular weight excluding hydrogens is 334 g/mol. The number of aliphatic imine (C=N–C) groups is 1. The summed E-state index contributed by atoms with van der Waals surface area (Å²) < 4.78 is 0. The molecule has 2 aromatic carbocycles. The molecule has 3 heteroatoms. The molecule has 27 heavy (non-hydrogen) atoms. The Balaban J connectivity index is 2.05. The van der Waals surface area contributed by atoms with E-state index in [1.807, 2.05) is 30.3 Å². The van der Waals surface area contributed by atoms with E-state index in [-0.39, 0.29) is 16.6 Å². The van der Waals surface area contributed by atoms with E-state index >= 15 is 0 Å². The molecule has 1 N–H and O–H groups in total. The number of hydrogen-bond acceptors (Lipinski definition) is 3. The number of aromatic hydroxyl groups is 1. The molecule has 1 aliphatic rings. The molecule has 144 valence electrons. The molecule has 2 atom stereocenters. The smallest absolute Gasteiger partial charge is 0.128 e. The van der Waals surface area contributed by atoms with Gasteiger partial charge in [-0.25, -0.2) is 0 Å². The first-order valence-corrected chi connectivity index (χ1v) is 9.63. The van der Waals surface area contributed by atoms with Gasteiger partial charge in [-0.15, -0.1) is 0 Å². The molecule has 3 nitrogen and oxygen atoms in total. The lowest BCUT2D eigenvalue weighted by molar-refractivity contribution is -0.422. The zero-order valence-corrected chi connectivity index (χ0v) is 17.2. The van der Waals surface area contributed by atoms with Crippen LogP contribution in [0.4, 0.5) is 0 Å². The molecule has 0 fully saturated rings. The van der Waals surface area contributed by atoms with E-state index < -0.39 is 12.1 Å². The third-order valence-electron chi connectivity index (χ3n) is 5.33. The average molecular weight is 365 g/mol. The van der Waals surface area contributed by atoms with Crippen LogP contribution in [0.25, 0.3) is 0 Å². The van der Waals surface area contributed by atoms with E-state index in [1.54, 1.807) is 6.21 Å². The van der Waals surface area contributed by atoms with E-state index in [9.17, 15) is 10.2 Å². The molecule has 0 bridgehead atoms. The van der Waals surface area contributed by atoms with Crippen LogP contribution in [-0.4, -0.2) is 17.4 Å². The normalized spacial score (nSPS) is 20.3. The lowest BCUT2D eigenvalue weighted by Crippen LogP contribution is -2.28. The summed E-state index contributed by atoms with van der Waals surface area (Å²) in [6.45, 7) is 12.8. The highest BCUT2D eigenvalue weighted by Gasteiger charge is 2.26. The number of hydrogen-bond donors (Lipinski definition) is 1. The first-order valence-electron chi connectivity index (χ1n) is 9.63. The van der Waals surface area contributed by atoms with Gasteiger partial charge in [-0.3, -0.25) is 4.99 Å². The Kier molecular flexibility index (Phi) is 4.94. The highest BCUT2D eigenvalue weighted by molar-refractivity contribution is 5.85. The van der Waals surface area contributed by atoms with E-state index in [1.165, 1.54) is 0 Å². The summed E-state index contributed by atoms with van der Waals surface area (Å²) in [5.74, 6) is 0.257. The summed E-state index contributed by atoms with van der Waals surface area (Å²) in [6.07, 6.45) is 1.44. The number of fused-ring (bicyclic) bond motifs is 1. The molecule has 1 aliphatic carbocycles. The molecule has 0 radical (unpaired) electrons. The van der Waals surface area contributed by atoms with Gasteiger partial charge in [0.25, 0.3) is 0 Å². The number of rotatable bonds is 2. The predicted octanol–water partition coefficient (Wildman–Crippen LogP) is 4.43. The Morgan fingerprint density at radius 3 is 2.33 bits per heavy atom. The van der Waals surface area contributed by atoms with Crippen molar-refractivity contribution in [3.05, 3.63) is 64.2 Å². The second-order valence-electron chi connectivity index (χ2n) is 9.63. The van der Waals surface area contributed by atoms with Crippen LogP contribution in [0.1, 0.15) is 75.4 Å². The summed E-state index contributed by atoms with van der Waals surface area (Å²) >= 11 is 0. The molecule has 2 aromatic rings. The van der Waals surface area contributed by atoms with Crippen molar-refractivity contribution in [2.24, 2.45) is 4.99 Å². The summed E-state index contributed by atoms with van der Waals surface area (Å²) in [5.41, 5.74) is 4.61. The summed E-state index contributed by atoms with van der Waals surface area (Å²) in [4.78, 5) is 4.63. The van der Waals surface area contributed by atoms with Crippen molar-refractivity contribution in [1.29, 1.82) is 0 Å². The van der Waals surface area contributed by atoms with Crippen LogP contribution < -0.4 is 5.11 Å². The largest absolute Gasteiger partial charge is 0.850 e. The van der Waals surface area contributed by atoms with E-state index in [0.29, 0.717) is 12.0 Å². The van der Waals surface area contributed by atoms with Crippen molar-refractivity contribution in [1.82, 2.24) is 0 Å². The van der Waals surface area contributed by atoms with Gasteiger partial charge >= 0.3 is 0 Å². The van der Waals surface area contributed by atoms with Crippen molar-refractivity contribution >= 4 is 6.21 Å². The van der Waals surface area contributed by atoms with Gasteiger partial charge in [-0.05, 0) is 40.0 Å². The molecule has 0 saturated carbocycles. The summed E-state index contributed by atoms with van der Waals surface area (Å²) in [5, 5.41) is 23.4. The van der Waals surface area contributed by atoms with Gasteiger partial charge in [0.05, 0.1) is 6.04 Å². The van der Waals surface area contributed by atoms with Crippen molar-refractivity contribution in [3.8, 4) is 5.75 Å². The highest BCUT2D eigenvalue weighted by atomic mass is 16.3. The van der Waals surface area contributed by atoms with Crippen LogP contribution in [0.15, 0.2) is 41.4 Å².